The van der Waals surface area contributed by atoms with E-state index in [9.17, 15) is 9.90 Å². The molecule has 2 rings (SSSR count). The molecule has 0 aliphatic carbocycles. The van der Waals surface area contributed by atoms with Crippen LogP contribution < -0.4 is 5.73 Å². The molecule has 0 radical (unpaired) electrons. The number of benzene rings is 1. The van der Waals surface area contributed by atoms with Gasteiger partial charge in [0.25, 0.3) is 0 Å². The number of hydrogen-bond donors (Lipinski definition) is 2. The molecule has 1 aromatic heterocycles. The summed E-state index contributed by atoms with van der Waals surface area (Å²) < 4.78 is 2.02. The number of fused-ring (bicyclic) bond motifs is 1. The van der Waals surface area contributed by atoms with E-state index in [1.165, 1.54) is 0 Å². The van der Waals surface area contributed by atoms with E-state index in [1.807, 2.05) is 24.6 Å². The van der Waals surface area contributed by atoms with Crippen molar-refractivity contribution in [2.24, 2.45) is 12.8 Å². The van der Waals surface area contributed by atoms with Crippen molar-refractivity contribution < 1.29 is 9.90 Å². The number of carboxylic acid groups (broad SMARTS) is 1. The Morgan fingerprint density at radius 2 is 2.18 bits per heavy atom. The largest absolute Gasteiger partial charge is 0.478 e. The molecule has 4 heteroatoms. The van der Waals surface area contributed by atoms with Crippen molar-refractivity contribution in [2.75, 3.05) is 6.54 Å². The molecule has 0 unspecified atom stereocenters. The van der Waals surface area contributed by atoms with Crippen LogP contribution in [0.5, 0.6) is 0 Å². The second-order valence-corrected chi connectivity index (χ2v) is 4.17. The van der Waals surface area contributed by atoms with E-state index in [0.29, 0.717) is 18.5 Å². The number of carbonyl (C=O) groups is 1. The molecule has 0 atom stereocenters. The molecule has 2 aromatic rings. The van der Waals surface area contributed by atoms with Crippen molar-refractivity contribution in [2.45, 2.75) is 13.3 Å². The van der Waals surface area contributed by atoms with Crippen LogP contribution >= 0.6 is 0 Å². The van der Waals surface area contributed by atoms with E-state index in [1.54, 1.807) is 12.1 Å². The third-order valence-electron chi connectivity index (χ3n) is 3.27. The first-order valence-electron chi connectivity index (χ1n) is 5.58. The molecule has 1 aromatic carbocycles. The molecule has 0 spiro atoms. The number of nitrogens with two attached hydrogens (primary N) is 1. The van der Waals surface area contributed by atoms with Crippen molar-refractivity contribution in [1.29, 1.82) is 0 Å². The van der Waals surface area contributed by atoms with Gasteiger partial charge in [0.05, 0.1) is 5.56 Å². The van der Waals surface area contributed by atoms with Gasteiger partial charge >= 0.3 is 5.97 Å². The lowest BCUT2D eigenvalue weighted by Gasteiger charge is -2.01. The Hall–Kier alpha value is -1.81. The SMILES string of the molecule is Cc1c(CCN)c2c(C(=O)O)cccc2n1C. The maximum atomic E-state index is 11.3. The lowest BCUT2D eigenvalue weighted by Crippen LogP contribution is -2.05. The molecule has 0 aliphatic heterocycles. The van der Waals surface area contributed by atoms with Gasteiger partial charge in [0.1, 0.15) is 0 Å². The molecule has 1 heterocycles. The average molecular weight is 232 g/mol. The third kappa shape index (κ3) is 1.70. The Bertz CT molecular complexity index is 585. The highest BCUT2D eigenvalue weighted by atomic mass is 16.4. The first kappa shape index (κ1) is 11.7. The first-order chi connectivity index (χ1) is 8.07. The van der Waals surface area contributed by atoms with E-state index >= 15 is 0 Å². The number of carboxylic acids is 1. The summed E-state index contributed by atoms with van der Waals surface area (Å²) in [5, 5.41) is 10.1. The monoisotopic (exact) mass is 232 g/mol. The van der Waals surface area contributed by atoms with E-state index in [4.69, 9.17) is 5.73 Å². The van der Waals surface area contributed by atoms with E-state index < -0.39 is 5.97 Å². The lowest BCUT2D eigenvalue weighted by atomic mass is 10.0. The maximum absolute atomic E-state index is 11.3. The number of aromatic carboxylic acids is 1. The minimum Gasteiger partial charge on any atom is -0.478 e. The normalized spacial score (nSPS) is 11.0. The zero-order chi connectivity index (χ0) is 12.6. The second-order valence-electron chi connectivity index (χ2n) is 4.17. The quantitative estimate of drug-likeness (QED) is 0.846. The lowest BCUT2D eigenvalue weighted by molar-refractivity contribution is 0.0699. The number of aromatic nitrogens is 1. The molecule has 17 heavy (non-hydrogen) atoms. The van der Waals surface area contributed by atoms with Gasteiger partial charge in [0.2, 0.25) is 0 Å². The summed E-state index contributed by atoms with van der Waals surface area (Å²) in [4.78, 5) is 11.3. The molecule has 0 bridgehead atoms. The molecular formula is C13H16N2O2. The van der Waals surface area contributed by atoms with Crippen LogP contribution in [0.25, 0.3) is 10.9 Å². The molecule has 0 saturated heterocycles. The van der Waals surface area contributed by atoms with Crippen LogP contribution in [0.3, 0.4) is 0 Å². The third-order valence-corrected chi connectivity index (χ3v) is 3.27. The van der Waals surface area contributed by atoms with Crippen molar-refractivity contribution >= 4 is 16.9 Å². The molecule has 4 nitrogen and oxygen atoms in total. The van der Waals surface area contributed by atoms with E-state index in [-0.39, 0.29) is 0 Å². The number of aryl methyl sites for hydroxylation is 1. The van der Waals surface area contributed by atoms with Crippen molar-refractivity contribution in [3.63, 3.8) is 0 Å². The van der Waals surface area contributed by atoms with Gasteiger partial charge in [-0.15, -0.1) is 0 Å². The molecule has 90 valence electrons. The highest BCUT2D eigenvalue weighted by Crippen LogP contribution is 2.28. The molecule has 0 saturated carbocycles. The topological polar surface area (TPSA) is 68.2 Å². The summed E-state index contributed by atoms with van der Waals surface area (Å²) in [6.45, 7) is 2.52. The summed E-state index contributed by atoms with van der Waals surface area (Å²) in [5.74, 6) is -0.889. The smallest absolute Gasteiger partial charge is 0.336 e. The molecule has 3 N–H and O–H groups in total. The fraction of sp³-hybridized carbons (Fsp3) is 0.308. The fourth-order valence-corrected chi connectivity index (χ4v) is 2.33. The van der Waals surface area contributed by atoms with Gasteiger partial charge in [-0.2, -0.15) is 0 Å². The van der Waals surface area contributed by atoms with Gasteiger partial charge in [-0.25, -0.2) is 4.79 Å². The van der Waals surface area contributed by atoms with Crippen LogP contribution in [-0.4, -0.2) is 22.2 Å². The number of nitrogens with zero attached hydrogens (tertiary/aromatic N) is 1. The standard InChI is InChI=1S/C13H16N2O2/c1-8-9(6-7-14)12-10(13(16)17)4-3-5-11(12)15(8)2/h3-5H,6-7,14H2,1-2H3,(H,16,17). The Kier molecular flexibility index (Phi) is 2.90. The molecule has 0 fully saturated rings. The minimum absolute atomic E-state index is 0.356. The van der Waals surface area contributed by atoms with Crippen molar-refractivity contribution in [1.82, 2.24) is 4.57 Å². The highest BCUT2D eigenvalue weighted by molar-refractivity contribution is 6.05. The maximum Gasteiger partial charge on any atom is 0.336 e. The molecule has 0 aliphatic rings. The highest BCUT2D eigenvalue weighted by Gasteiger charge is 2.17. The van der Waals surface area contributed by atoms with Crippen LogP contribution in [-0.2, 0) is 13.5 Å². The first-order valence-corrected chi connectivity index (χ1v) is 5.58. The van der Waals surface area contributed by atoms with Crippen molar-refractivity contribution in [3.8, 4) is 0 Å². The fourth-order valence-electron chi connectivity index (χ4n) is 2.33. The Morgan fingerprint density at radius 3 is 2.76 bits per heavy atom. The van der Waals surface area contributed by atoms with Gasteiger partial charge in [0.15, 0.2) is 0 Å². The summed E-state index contributed by atoms with van der Waals surface area (Å²) in [7, 11) is 1.95. The summed E-state index contributed by atoms with van der Waals surface area (Å²) in [6, 6.07) is 5.36. The predicted octanol–water partition coefficient (Wildman–Crippen LogP) is 1.69. The molecule has 0 amide bonds. The van der Waals surface area contributed by atoms with Crippen LogP contribution in [0.2, 0.25) is 0 Å². The summed E-state index contributed by atoms with van der Waals surface area (Å²) in [5.41, 5.74) is 9.03. The van der Waals surface area contributed by atoms with Crippen LogP contribution in [0.4, 0.5) is 0 Å². The van der Waals surface area contributed by atoms with Crippen LogP contribution in [0, 0.1) is 6.92 Å². The molecular weight excluding hydrogens is 216 g/mol. The van der Waals surface area contributed by atoms with E-state index in [0.717, 1.165) is 22.2 Å². The predicted molar refractivity (Wildman–Crippen MR) is 67.4 cm³/mol. The Balaban J connectivity index is 2.87. The van der Waals surface area contributed by atoms with Gasteiger partial charge in [-0.1, -0.05) is 6.07 Å². The van der Waals surface area contributed by atoms with Crippen LogP contribution in [0.1, 0.15) is 21.6 Å². The number of hydrogen-bond acceptors (Lipinski definition) is 2. The van der Waals surface area contributed by atoms with Gasteiger partial charge in [-0.05, 0) is 37.6 Å². The van der Waals surface area contributed by atoms with Crippen molar-refractivity contribution in [3.05, 3.63) is 35.0 Å². The zero-order valence-electron chi connectivity index (χ0n) is 10.0. The summed E-state index contributed by atoms with van der Waals surface area (Å²) in [6.07, 6.45) is 0.702. The Labute approximate surface area is 99.7 Å². The van der Waals surface area contributed by atoms with Gasteiger partial charge in [-0.3, -0.25) is 0 Å². The minimum atomic E-state index is -0.889. The summed E-state index contributed by atoms with van der Waals surface area (Å²) >= 11 is 0. The van der Waals surface area contributed by atoms with Crippen LogP contribution in [0.15, 0.2) is 18.2 Å². The van der Waals surface area contributed by atoms with Gasteiger partial charge < -0.3 is 15.4 Å². The van der Waals surface area contributed by atoms with E-state index in [2.05, 4.69) is 0 Å². The Morgan fingerprint density at radius 1 is 1.47 bits per heavy atom. The van der Waals surface area contributed by atoms with Gasteiger partial charge in [0, 0.05) is 23.6 Å². The average Bonchev–Trinajstić information content (AvgIpc) is 2.55. The zero-order valence-corrected chi connectivity index (χ0v) is 10.0. The number of rotatable bonds is 3. The second kappa shape index (κ2) is 4.22.